The number of primary amides is 2. The number of carbonyl (C=O) groups is 3. The second-order valence-electron chi connectivity index (χ2n) is 4.78. The lowest BCUT2D eigenvalue weighted by Gasteiger charge is -2.18. The Kier molecular flexibility index (Phi) is 6.83. The molecule has 1 aromatic heterocycles. The average Bonchev–Trinajstić information content (AvgIpc) is 2.94. The third-order valence-corrected chi connectivity index (χ3v) is 2.96. The highest BCUT2D eigenvalue weighted by Crippen LogP contribution is 2.00. The van der Waals surface area contributed by atoms with E-state index in [-0.39, 0.29) is 19.4 Å². The normalized spacial score (nSPS) is 13.1. The van der Waals surface area contributed by atoms with Crippen LogP contribution in [0.15, 0.2) is 12.5 Å². The number of hydrogen-bond acceptors (Lipinski definition) is 5. The predicted octanol–water partition coefficient (Wildman–Crippen LogP) is -2.30. The van der Waals surface area contributed by atoms with E-state index in [0.717, 1.165) is 0 Å². The van der Waals surface area contributed by atoms with Crippen LogP contribution in [0.4, 0.5) is 4.79 Å². The number of hydrogen-bond donors (Lipinski definition) is 6. The van der Waals surface area contributed by atoms with Crippen molar-refractivity contribution in [3.05, 3.63) is 18.2 Å². The first kappa shape index (κ1) is 17.4. The van der Waals surface area contributed by atoms with E-state index >= 15 is 0 Å². The summed E-state index contributed by atoms with van der Waals surface area (Å²) in [6.07, 6.45) is 4.03. The number of rotatable bonds is 9. The van der Waals surface area contributed by atoms with Crippen molar-refractivity contribution < 1.29 is 14.4 Å². The maximum absolute atomic E-state index is 12.0. The number of H-pyrrole nitrogens is 1. The molecule has 0 saturated heterocycles. The van der Waals surface area contributed by atoms with Gasteiger partial charge in [0.1, 0.15) is 6.04 Å². The van der Waals surface area contributed by atoms with Crippen molar-refractivity contribution in [3.63, 3.8) is 0 Å². The third kappa shape index (κ3) is 6.22. The zero-order valence-corrected chi connectivity index (χ0v) is 12.0. The molecule has 0 unspecified atom stereocenters. The smallest absolute Gasteiger partial charge is 0.312 e. The van der Waals surface area contributed by atoms with Gasteiger partial charge in [0.05, 0.1) is 12.4 Å². The van der Waals surface area contributed by atoms with Gasteiger partial charge >= 0.3 is 6.03 Å². The van der Waals surface area contributed by atoms with Crippen LogP contribution >= 0.6 is 0 Å². The number of nitrogens with zero attached hydrogens (tertiary/aromatic N) is 1. The number of imidazole rings is 1. The Labute approximate surface area is 127 Å². The van der Waals surface area contributed by atoms with Crippen LogP contribution in [0.2, 0.25) is 0 Å². The summed E-state index contributed by atoms with van der Waals surface area (Å²) in [6, 6.07) is -2.33. The van der Waals surface area contributed by atoms with Gasteiger partial charge in [0.2, 0.25) is 11.8 Å². The van der Waals surface area contributed by atoms with Gasteiger partial charge in [-0.25, -0.2) is 9.78 Å². The number of nitrogens with one attached hydrogen (secondary N) is 3. The second-order valence-corrected chi connectivity index (χ2v) is 4.78. The maximum Gasteiger partial charge on any atom is 0.312 e. The molecule has 0 spiro atoms. The van der Waals surface area contributed by atoms with E-state index in [9.17, 15) is 14.4 Å². The van der Waals surface area contributed by atoms with Crippen molar-refractivity contribution in [2.75, 3.05) is 6.54 Å². The fraction of sp³-hybridized carbons (Fsp3) is 0.500. The molecule has 0 saturated carbocycles. The van der Waals surface area contributed by atoms with Crippen molar-refractivity contribution >= 4 is 17.8 Å². The monoisotopic (exact) mass is 311 g/mol. The molecule has 0 radical (unpaired) electrons. The molecule has 0 aliphatic carbocycles. The molecule has 0 aliphatic heterocycles. The maximum atomic E-state index is 12.0. The van der Waals surface area contributed by atoms with Crippen molar-refractivity contribution in [3.8, 4) is 0 Å². The lowest BCUT2D eigenvalue weighted by atomic mass is 10.1. The first-order valence-electron chi connectivity index (χ1n) is 6.76. The van der Waals surface area contributed by atoms with Crippen molar-refractivity contribution in [1.29, 1.82) is 0 Å². The fourth-order valence-electron chi connectivity index (χ4n) is 1.81. The van der Waals surface area contributed by atoms with E-state index in [1.807, 2.05) is 0 Å². The van der Waals surface area contributed by atoms with Gasteiger partial charge in [-0.1, -0.05) is 0 Å². The lowest BCUT2D eigenvalue weighted by molar-refractivity contribution is -0.128. The van der Waals surface area contributed by atoms with Crippen LogP contribution in [0.1, 0.15) is 18.5 Å². The molecule has 1 rings (SSSR count). The first-order valence-corrected chi connectivity index (χ1v) is 6.76. The lowest BCUT2D eigenvalue weighted by Crippen LogP contribution is -2.51. The Hall–Kier alpha value is -2.62. The Morgan fingerprint density at radius 1 is 1.32 bits per heavy atom. The Morgan fingerprint density at radius 2 is 2.05 bits per heavy atom. The Morgan fingerprint density at radius 3 is 2.59 bits per heavy atom. The van der Waals surface area contributed by atoms with Gasteiger partial charge < -0.3 is 32.8 Å². The number of amides is 4. The van der Waals surface area contributed by atoms with Crippen molar-refractivity contribution in [2.45, 2.75) is 31.3 Å². The SMILES string of the molecule is NC(=O)NCCC[C@H](NC(=O)[C@@H](N)Cc1cnc[nH]1)C(N)=O. The minimum Gasteiger partial charge on any atom is -0.368 e. The molecule has 1 aromatic rings. The molecule has 122 valence electrons. The third-order valence-electron chi connectivity index (χ3n) is 2.96. The molecular formula is C12H21N7O3. The van der Waals surface area contributed by atoms with Crippen LogP contribution in [0, 0.1) is 0 Å². The minimum absolute atomic E-state index is 0.264. The van der Waals surface area contributed by atoms with Crippen molar-refractivity contribution in [2.24, 2.45) is 17.2 Å². The Balaban J connectivity index is 2.42. The number of carbonyl (C=O) groups excluding carboxylic acids is 3. The van der Waals surface area contributed by atoms with Gasteiger partial charge in [0.25, 0.3) is 0 Å². The van der Waals surface area contributed by atoms with Gasteiger partial charge in [-0.2, -0.15) is 0 Å². The predicted molar refractivity (Wildman–Crippen MR) is 78.2 cm³/mol. The van der Waals surface area contributed by atoms with Crippen LogP contribution < -0.4 is 27.8 Å². The van der Waals surface area contributed by atoms with Gasteiger partial charge in [0.15, 0.2) is 0 Å². The van der Waals surface area contributed by atoms with E-state index in [4.69, 9.17) is 17.2 Å². The minimum atomic E-state index is -0.852. The van der Waals surface area contributed by atoms with Crippen LogP contribution in [0.3, 0.4) is 0 Å². The standard InChI is InChI=1S/C12H21N7O3/c13-8(4-7-5-16-6-18-7)11(21)19-9(10(14)20)2-1-3-17-12(15)22/h5-6,8-9H,1-4,13H2,(H2,14,20)(H,16,18)(H,19,21)(H3,15,17,22)/t8-,9-/m0/s1. The molecule has 0 aliphatic rings. The summed E-state index contributed by atoms with van der Waals surface area (Å²) >= 11 is 0. The molecule has 0 aromatic carbocycles. The highest BCUT2D eigenvalue weighted by molar-refractivity contribution is 5.89. The van der Waals surface area contributed by atoms with Crippen LogP contribution in [-0.4, -0.2) is 46.4 Å². The van der Waals surface area contributed by atoms with Gasteiger partial charge in [-0.05, 0) is 12.8 Å². The molecule has 10 heteroatoms. The molecule has 9 N–H and O–H groups in total. The fourth-order valence-corrected chi connectivity index (χ4v) is 1.81. The molecule has 2 atom stereocenters. The molecule has 0 fully saturated rings. The van der Waals surface area contributed by atoms with E-state index in [1.54, 1.807) is 6.20 Å². The van der Waals surface area contributed by atoms with E-state index < -0.39 is 29.9 Å². The summed E-state index contributed by atoms with van der Waals surface area (Å²) in [4.78, 5) is 40.5. The average molecular weight is 311 g/mol. The number of urea groups is 1. The zero-order chi connectivity index (χ0) is 16.5. The molecule has 22 heavy (non-hydrogen) atoms. The summed E-state index contributed by atoms with van der Waals surface area (Å²) in [5, 5.41) is 4.88. The molecule has 4 amide bonds. The van der Waals surface area contributed by atoms with Gasteiger partial charge in [-0.15, -0.1) is 0 Å². The van der Waals surface area contributed by atoms with Crippen molar-refractivity contribution in [1.82, 2.24) is 20.6 Å². The number of aromatic amines is 1. The number of nitrogens with two attached hydrogens (primary N) is 3. The van der Waals surface area contributed by atoms with Gasteiger partial charge in [-0.3, -0.25) is 9.59 Å². The summed E-state index contributed by atoms with van der Waals surface area (Å²) in [7, 11) is 0. The Bertz CT molecular complexity index is 503. The van der Waals surface area contributed by atoms with Crippen LogP contribution in [0.5, 0.6) is 0 Å². The zero-order valence-electron chi connectivity index (χ0n) is 12.0. The number of aromatic nitrogens is 2. The molecule has 10 nitrogen and oxygen atoms in total. The largest absolute Gasteiger partial charge is 0.368 e. The first-order chi connectivity index (χ1) is 10.4. The van der Waals surface area contributed by atoms with Crippen LogP contribution in [-0.2, 0) is 16.0 Å². The molecule has 0 bridgehead atoms. The summed E-state index contributed by atoms with van der Waals surface area (Å²) in [5.41, 5.74) is 16.6. The van der Waals surface area contributed by atoms with Gasteiger partial charge in [0, 0.05) is 24.9 Å². The molecule has 1 heterocycles. The van der Waals surface area contributed by atoms with E-state index in [2.05, 4.69) is 20.6 Å². The van der Waals surface area contributed by atoms with E-state index in [0.29, 0.717) is 12.1 Å². The van der Waals surface area contributed by atoms with Crippen LogP contribution in [0.25, 0.3) is 0 Å². The summed E-state index contributed by atoms with van der Waals surface area (Å²) < 4.78 is 0. The second kappa shape index (κ2) is 8.62. The highest BCUT2D eigenvalue weighted by atomic mass is 16.2. The topological polar surface area (TPSA) is 182 Å². The quantitative estimate of drug-likeness (QED) is 0.280. The van der Waals surface area contributed by atoms with E-state index in [1.165, 1.54) is 6.33 Å². The highest BCUT2D eigenvalue weighted by Gasteiger charge is 2.22. The summed E-state index contributed by atoms with van der Waals surface area (Å²) in [5.74, 6) is -1.15. The summed E-state index contributed by atoms with van der Waals surface area (Å²) in [6.45, 7) is 0.287. The molecular weight excluding hydrogens is 290 g/mol.